The van der Waals surface area contributed by atoms with Crippen LogP contribution in [-0.4, -0.2) is 23.8 Å². The van der Waals surface area contributed by atoms with E-state index >= 15 is 0 Å². The number of benzene rings is 3. The Morgan fingerprint density at radius 2 is 1.50 bits per heavy atom. The summed E-state index contributed by atoms with van der Waals surface area (Å²) < 4.78 is 5.12. The molecule has 2 amide bonds. The Labute approximate surface area is 184 Å². The standard InChI is InChI=1S/C24H21N3O5/c1-16(17-8-12-20(13-9-17)27(30)31)22(26-23(28)18-6-4-3-5-7-18)24(29)25-19-10-14-21(32-2)15-11-19/h3-15H,1-2H3,(H,25,29)(H,26,28). The smallest absolute Gasteiger partial charge is 0.272 e. The van der Waals surface area contributed by atoms with Gasteiger partial charge in [-0.05, 0) is 66.6 Å². The topological polar surface area (TPSA) is 111 Å². The molecular weight excluding hydrogens is 410 g/mol. The Hall–Kier alpha value is -4.46. The number of nitrogens with zero attached hydrogens (tertiary/aromatic N) is 1. The van der Waals surface area contributed by atoms with Crippen LogP contribution in [0.1, 0.15) is 22.8 Å². The number of amides is 2. The number of non-ortho nitro benzene ring substituents is 1. The number of hydrogen-bond acceptors (Lipinski definition) is 5. The zero-order chi connectivity index (χ0) is 23.1. The van der Waals surface area contributed by atoms with Crippen molar-refractivity contribution in [2.24, 2.45) is 0 Å². The van der Waals surface area contributed by atoms with Gasteiger partial charge in [-0.3, -0.25) is 19.7 Å². The molecule has 8 nitrogen and oxygen atoms in total. The molecule has 2 N–H and O–H groups in total. The van der Waals surface area contributed by atoms with Crippen molar-refractivity contribution in [2.45, 2.75) is 6.92 Å². The predicted molar refractivity (Wildman–Crippen MR) is 121 cm³/mol. The number of nitro groups is 1. The summed E-state index contributed by atoms with van der Waals surface area (Å²) in [7, 11) is 1.54. The third-order valence-electron chi connectivity index (χ3n) is 4.74. The number of nitrogens with one attached hydrogen (secondary N) is 2. The molecule has 0 saturated heterocycles. The summed E-state index contributed by atoms with van der Waals surface area (Å²) >= 11 is 0. The van der Waals surface area contributed by atoms with Crippen LogP contribution in [0.25, 0.3) is 5.57 Å². The zero-order valence-corrected chi connectivity index (χ0v) is 17.5. The fraction of sp³-hybridized carbons (Fsp3) is 0.0833. The van der Waals surface area contributed by atoms with Crippen LogP contribution in [-0.2, 0) is 4.79 Å². The van der Waals surface area contributed by atoms with E-state index in [1.165, 1.54) is 24.3 Å². The monoisotopic (exact) mass is 431 g/mol. The molecule has 0 bridgehead atoms. The van der Waals surface area contributed by atoms with E-state index in [0.29, 0.717) is 28.1 Å². The number of hydrogen-bond donors (Lipinski definition) is 2. The maximum atomic E-state index is 13.1. The average molecular weight is 431 g/mol. The second-order valence-electron chi connectivity index (χ2n) is 6.81. The molecule has 0 fully saturated rings. The van der Waals surface area contributed by atoms with Gasteiger partial charge in [0, 0.05) is 23.4 Å². The highest BCUT2D eigenvalue weighted by molar-refractivity contribution is 6.12. The lowest BCUT2D eigenvalue weighted by atomic mass is 10.0. The molecule has 32 heavy (non-hydrogen) atoms. The van der Waals surface area contributed by atoms with Crippen molar-refractivity contribution in [3.8, 4) is 5.75 Å². The number of rotatable bonds is 7. The van der Waals surface area contributed by atoms with E-state index in [1.54, 1.807) is 68.6 Å². The molecular formula is C24H21N3O5. The number of allylic oxidation sites excluding steroid dienone is 1. The Balaban J connectivity index is 1.95. The summed E-state index contributed by atoms with van der Waals surface area (Å²) in [5.74, 6) is -0.347. The predicted octanol–water partition coefficient (Wildman–Crippen LogP) is 4.40. The van der Waals surface area contributed by atoms with Gasteiger partial charge in [-0.15, -0.1) is 0 Å². The quantitative estimate of drug-likeness (QED) is 0.327. The minimum absolute atomic E-state index is 0.0310. The van der Waals surface area contributed by atoms with Gasteiger partial charge < -0.3 is 15.4 Å². The van der Waals surface area contributed by atoms with Crippen molar-refractivity contribution >= 4 is 28.8 Å². The highest BCUT2D eigenvalue weighted by Crippen LogP contribution is 2.22. The van der Waals surface area contributed by atoms with Gasteiger partial charge in [-0.2, -0.15) is 0 Å². The van der Waals surface area contributed by atoms with Crippen molar-refractivity contribution in [1.29, 1.82) is 0 Å². The van der Waals surface area contributed by atoms with E-state index in [0.717, 1.165) is 0 Å². The normalized spacial score (nSPS) is 11.2. The largest absolute Gasteiger partial charge is 0.497 e. The van der Waals surface area contributed by atoms with Gasteiger partial charge in [0.1, 0.15) is 11.4 Å². The van der Waals surface area contributed by atoms with Crippen LogP contribution in [0.4, 0.5) is 11.4 Å². The molecule has 0 aliphatic rings. The lowest BCUT2D eigenvalue weighted by molar-refractivity contribution is -0.384. The minimum atomic E-state index is -0.532. The highest BCUT2D eigenvalue weighted by atomic mass is 16.6. The molecule has 0 aromatic heterocycles. The fourth-order valence-corrected chi connectivity index (χ4v) is 2.94. The summed E-state index contributed by atoms with van der Waals surface area (Å²) in [4.78, 5) is 36.3. The molecule has 3 aromatic rings. The molecule has 0 unspecified atom stereocenters. The van der Waals surface area contributed by atoms with Crippen molar-refractivity contribution in [3.63, 3.8) is 0 Å². The van der Waals surface area contributed by atoms with E-state index in [1.807, 2.05) is 0 Å². The number of carbonyl (C=O) groups is 2. The van der Waals surface area contributed by atoms with Gasteiger partial charge in [0.05, 0.1) is 12.0 Å². The van der Waals surface area contributed by atoms with Crippen LogP contribution in [0.2, 0.25) is 0 Å². The Morgan fingerprint density at radius 1 is 0.875 bits per heavy atom. The minimum Gasteiger partial charge on any atom is -0.497 e. The van der Waals surface area contributed by atoms with Gasteiger partial charge in [-0.25, -0.2) is 0 Å². The molecule has 162 valence electrons. The summed E-state index contributed by atoms with van der Waals surface area (Å²) in [5, 5.41) is 16.4. The van der Waals surface area contributed by atoms with Gasteiger partial charge in [0.15, 0.2) is 0 Å². The van der Waals surface area contributed by atoms with Crippen LogP contribution in [0.5, 0.6) is 5.75 Å². The van der Waals surface area contributed by atoms with Crippen LogP contribution in [0.15, 0.2) is 84.6 Å². The summed E-state index contributed by atoms with van der Waals surface area (Å²) in [6.07, 6.45) is 0. The molecule has 3 rings (SSSR count). The van der Waals surface area contributed by atoms with E-state index in [4.69, 9.17) is 4.74 Å². The third kappa shape index (κ3) is 5.37. The van der Waals surface area contributed by atoms with Gasteiger partial charge in [0.2, 0.25) is 0 Å². The van der Waals surface area contributed by atoms with E-state index in [2.05, 4.69) is 10.6 Å². The number of methoxy groups -OCH3 is 1. The first-order valence-electron chi connectivity index (χ1n) is 9.66. The number of nitro benzene ring substituents is 1. The average Bonchev–Trinajstić information content (AvgIpc) is 2.83. The van der Waals surface area contributed by atoms with Crippen molar-refractivity contribution < 1.29 is 19.2 Å². The molecule has 0 spiro atoms. The van der Waals surface area contributed by atoms with Crippen LogP contribution >= 0.6 is 0 Å². The molecule has 0 atom stereocenters. The molecule has 0 radical (unpaired) electrons. The Bertz CT molecular complexity index is 1150. The Kier molecular flexibility index (Phi) is 6.97. The van der Waals surface area contributed by atoms with Crippen molar-refractivity contribution in [1.82, 2.24) is 5.32 Å². The maximum Gasteiger partial charge on any atom is 0.272 e. The lowest BCUT2D eigenvalue weighted by Crippen LogP contribution is -2.31. The van der Waals surface area contributed by atoms with Crippen LogP contribution in [0, 0.1) is 10.1 Å². The fourth-order valence-electron chi connectivity index (χ4n) is 2.94. The number of carbonyl (C=O) groups excluding carboxylic acids is 2. The first-order chi connectivity index (χ1) is 15.4. The lowest BCUT2D eigenvalue weighted by Gasteiger charge is -2.15. The SMILES string of the molecule is COc1ccc(NC(=O)C(NC(=O)c2ccccc2)=C(C)c2ccc([N+](=O)[O-])cc2)cc1. The first kappa shape index (κ1) is 22.2. The summed E-state index contributed by atoms with van der Waals surface area (Å²) in [6.45, 7) is 1.66. The van der Waals surface area contributed by atoms with Gasteiger partial charge in [-0.1, -0.05) is 18.2 Å². The molecule has 3 aromatic carbocycles. The molecule has 0 aliphatic heterocycles. The number of ether oxygens (including phenoxy) is 1. The van der Waals surface area contributed by atoms with Gasteiger partial charge >= 0.3 is 0 Å². The van der Waals surface area contributed by atoms with E-state index in [-0.39, 0.29) is 11.4 Å². The Morgan fingerprint density at radius 3 is 2.06 bits per heavy atom. The summed E-state index contributed by atoms with van der Waals surface area (Å²) in [5.41, 5.74) is 1.87. The first-order valence-corrected chi connectivity index (χ1v) is 9.66. The second kappa shape index (κ2) is 10.0. The highest BCUT2D eigenvalue weighted by Gasteiger charge is 2.19. The summed E-state index contributed by atoms with van der Waals surface area (Å²) in [6, 6.07) is 21.0. The van der Waals surface area contributed by atoms with Crippen LogP contribution in [0.3, 0.4) is 0 Å². The molecule has 8 heteroatoms. The molecule has 0 heterocycles. The second-order valence-corrected chi connectivity index (χ2v) is 6.81. The molecule has 0 saturated carbocycles. The van der Waals surface area contributed by atoms with Gasteiger partial charge in [0.25, 0.3) is 17.5 Å². The van der Waals surface area contributed by atoms with Crippen molar-refractivity contribution in [2.75, 3.05) is 12.4 Å². The maximum absolute atomic E-state index is 13.1. The third-order valence-corrected chi connectivity index (χ3v) is 4.74. The number of anilines is 1. The zero-order valence-electron chi connectivity index (χ0n) is 17.5. The van der Waals surface area contributed by atoms with Crippen molar-refractivity contribution in [3.05, 3.63) is 106 Å². The van der Waals surface area contributed by atoms with E-state index < -0.39 is 16.7 Å². The van der Waals surface area contributed by atoms with E-state index in [9.17, 15) is 19.7 Å². The molecule has 0 aliphatic carbocycles. The van der Waals surface area contributed by atoms with Crippen LogP contribution < -0.4 is 15.4 Å².